The minimum atomic E-state index is 1.23. The highest BCUT2D eigenvalue weighted by atomic mass is 15.1. The van der Waals surface area contributed by atoms with Crippen LogP contribution in [-0.2, 0) is 19.5 Å². The molecule has 0 N–H and O–H groups in total. The molecule has 308 valence electrons. The van der Waals surface area contributed by atoms with Crippen LogP contribution in [0.3, 0.4) is 0 Å². The van der Waals surface area contributed by atoms with E-state index in [0.29, 0.717) is 0 Å². The molecule has 1 heterocycles. The largest absolute Gasteiger partial charge is 0.256 e. The first-order chi connectivity index (χ1) is 25.8. The van der Waals surface area contributed by atoms with E-state index in [9.17, 15) is 0 Å². The molecule has 0 aliphatic rings. The summed E-state index contributed by atoms with van der Waals surface area (Å²) in [5.74, 6) is 1.63. The van der Waals surface area contributed by atoms with Crippen molar-refractivity contribution >= 4 is 0 Å². The lowest BCUT2D eigenvalue weighted by Crippen LogP contribution is -2.37. The molecule has 0 saturated carbocycles. The monoisotopic (exact) mass is 728 g/mol. The van der Waals surface area contributed by atoms with Gasteiger partial charge >= 0.3 is 0 Å². The molecule has 0 unspecified atom stereocenters. The normalized spacial score (nSPS) is 11.7. The SMILES string of the molecule is CCCCCCCCCCCCCCCCCn1cc[n+](CCCCCCCCCCCCCCC)c1CCCCCCCCCCCCCCC. The van der Waals surface area contributed by atoms with Crippen molar-refractivity contribution in [1.29, 1.82) is 0 Å². The zero-order valence-corrected chi connectivity index (χ0v) is 36.7. The number of aromatic nitrogens is 2. The number of hydrogen-bond acceptors (Lipinski definition) is 0. The molecular formula is C50H99N2+. The lowest BCUT2D eigenvalue weighted by Gasteiger charge is -2.07. The summed E-state index contributed by atoms with van der Waals surface area (Å²) >= 11 is 0. The zero-order valence-electron chi connectivity index (χ0n) is 36.7. The van der Waals surface area contributed by atoms with Crippen LogP contribution >= 0.6 is 0 Å². The molecule has 0 aromatic carbocycles. The summed E-state index contributed by atoms with van der Waals surface area (Å²) in [5, 5.41) is 0. The average Bonchev–Trinajstić information content (AvgIpc) is 3.54. The van der Waals surface area contributed by atoms with E-state index < -0.39 is 0 Å². The number of unbranched alkanes of at least 4 members (excludes halogenated alkanes) is 38. The van der Waals surface area contributed by atoms with Crippen molar-refractivity contribution in [2.75, 3.05) is 0 Å². The topological polar surface area (TPSA) is 8.81 Å². The molecule has 2 heteroatoms. The van der Waals surface area contributed by atoms with Gasteiger partial charge in [-0.1, -0.05) is 252 Å². The fourth-order valence-electron chi connectivity index (χ4n) is 8.45. The van der Waals surface area contributed by atoms with E-state index in [4.69, 9.17) is 0 Å². The number of rotatable bonds is 44. The smallest absolute Gasteiger partial charge is 0.234 e. The van der Waals surface area contributed by atoms with Crippen molar-refractivity contribution in [3.63, 3.8) is 0 Å². The molecule has 0 spiro atoms. The van der Waals surface area contributed by atoms with Gasteiger partial charge in [0.25, 0.3) is 5.82 Å². The second kappa shape index (κ2) is 41.4. The van der Waals surface area contributed by atoms with Gasteiger partial charge in [-0.3, -0.25) is 0 Å². The fourth-order valence-corrected chi connectivity index (χ4v) is 8.45. The van der Waals surface area contributed by atoms with Crippen LogP contribution in [0.1, 0.15) is 290 Å². The van der Waals surface area contributed by atoms with Crippen LogP contribution in [-0.4, -0.2) is 4.57 Å². The third-order valence-corrected chi connectivity index (χ3v) is 12.1. The molecule has 0 fully saturated rings. The Morgan fingerprint density at radius 3 is 0.923 bits per heavy atom. The molecule has 0 radical (unpaired) electrons. The van der Waals surface area contributed by atoms with Gasteiger partial charge in [-0.05, 0) is 32.1 Å². The molecule has 0 bridgehead atoms. The maximum Gasteiger partial charge on any atom is 0.256 e. The molecule has 0 aliphatic heterocycles. The van der Waals surface area contributed by atoms with Crippen LogP contribution in [0.4, 0.5) is 0 Å². The van der Waals surface area contributed by atoms with E-state index in [1.165, 1.54) is 283 Å². The summed E-state index contributed by atoms with van der Waals surface area (Å²) < 4.78 is 5.31. The Bertz CT molecular complexity index is 796. The first-order valence-corrected chi connectivity index (χ1v) is 24.9. The third kappa shape index (κ3) is 32.6. The van der Waals surface area contributed by atoms with Crippen molar-refractivity contribution in [3.05, 3.63) is 18.2 Å². The highest BCUT2D eigenvalue weighted by Gasteiger charge is 2.16. The predicted octanol–water partition coefficient (Wildman–Crippen LogP) is 17.4. The first-order valence-electron chi connectivity index (χ1n) is 24.9. The Morgan fingerprint density at radius 1 is 0.327 bits per heavy atom. The predicted molar refractivity (Wildman–Crippen MR) is 235 cm³/mol. The van der Waals surface area contributed by atoms with Crippen LogP contribution < -0.4 is 4.57 Å². The van der Waals surface area contributed by atoms with Gasteiger partial charge in [0.15, 0.2) is 0 Å². The third-order valence-electron chi connectivity index (χ3n) is 12.1. The van der Waals surface area contributed by atoms with Crippen LogP contribution in [0.2, 0.25) is 0 Å². The molecule has 1 aromatic rings. The van der Waals surface area contributed by atoms with E-state index in [0.717, 1.165) is 0 Å². The molecule has 0 atom stereocenters. The van der Waals surface area contributed by atoms with E-state index in [2.05, 4.69) is 42.3 Å². The lowest BCUT2D eigenvalue weighted by atomic mass is 10.0. The number of imidazole rings is 1. The molecule has 52 heavy (non-hydrogen) atoms. The van der Waals surface area contributed by atoms with Crippen LogP contribution in [0, 0.1) is 0 Å². The van der Waals surface area contributed by atoms with Crippen LogP contribution in [0.15, 0.2) is 12.4 Å². The molecular weight excluding hydrogens is 629 g/mol. The number of hydrogen-bond donors (Lipinski definition) is 0. The van der Waals surface area contributed by atoms with Gasteiger partial charge in [-0.2, -0.15) is 0 Å². The van der Waals surface area contributed by atoms with E-state index in [1.54, 1.807) is 5.82 Å². The van der Waals surface area contributed by atoms with E-state index >= 15 is 0 Å². The van der Waals surface area contributed by atoms with Crippen molar-refractivity contribution in [2.45, 2.75) is 304 Å². The summed E-state index contributed by atoms with van der Waals surface area (Å²) in [7, 11) is 0. The maximum absolute atomic E-state index is 2.66. The van der Waals surface area contributed by atoms with Gasteiger partial charge in [0.2, 0.25) is 0 Å². The minimum Gasteiger partial charge on any atom is -0.234 e. The van der Waals surface area contributed by atoms with Crippen molar-refractivity contribution in [2.24, 2.45) is 0 Å². The Balaban J connectivity index is 2.26. The van der Waals surface area contributed by atoms with Gasteiger partial charge in [0.05, 0.1) is 13.1 Å². The Labute approximate surface area is 329 Å². The standard InChI is InChI=1S/C50H99N2/c1-4-7-10-13-16-19-22-25-26-29-32-35-38-41-44-47-52-49-48-51(46-43-40-37-34-31-28-24-21-18-15-12-9-6-3)50(52)45-42-39-36-33-30-27-23-20-17-14-11-8-5-2/h48-49H,4-47H2,1-3H3/q+1. The Kier molecular flexibility index (Phi) is 39.2. The molecule has 1 rings (SSSR count). The Hall–Kier alpha value is -0.790. The second-order valence-electron chi connectivity index (χ2n) is 17.3. The van der Waals surface area contributed by atoms with Gasteiger partial charge < -0.3 is 0 Å². The minimum absolute atomic E-state index is 1.23. The average molecular weight is 728 g/mol. The summed E-state index contributed by atoms with van der Waals surface area (Å²) in [6.07, 6.45) is 65.3. The van der Waals surface area contributed by atoms with Crippen molar-refractivity contribution in [3.8, 4) is 0 Å². The van der Waals surface area contributed by atoms with Crippen molar-refractivity contribution < 1.29 is 4.57 Å². The quantitative estimate of drug-likeness (QED) is 0.0467. The highest BCUT2D eigenvalue weighted by Crippen LogP contribution is 2.17. The maximum atomic E-state index is 2.66. The van der Waals surface area contributed by atoms with Gasteiger partial charge in [0.1, 0.15) is 12.4 Å². The molecule has 2 nitrogen and oxygen atoms in total. The summed E-state index contributed by atoms with van der Waals surface area (Å²) in [6.45, 7) is 9.42. The number of nitrogens with zero attached hydrogens (tertiary/aromatic N) is 2. The van der Waals surface area contributed by atoms with Gasteiger partial charge in [-0.15, -0.1) is 0 Å². The molecule has 0 saturated heterocycles. The van der Waals surface area contributed by atoms with Crippen LogP contribution in [0.5, 0.6) is 0 Å². The molecule has 0 aliphatic carbocycles. The molecule has 1 aromatic heterocycles. The summed E-state index contributed by atoms with van der Waals surface area (Å²) in [6, 6.07) is 0. The van der Waals surface area contributed by atoms with E-state index in [-0.39, 0.29) is 0 Å². The molecule has 0 amide bonds. The number of aryl methyl sites for hydroxylation is 2. The Morgan fingerprint density at radius 2 is 0.596 bits per heavy atom. The van der Waals surface area contributed by atoms with Gasteiger partial charge in [-0.25, -0.2) is 9.13 Å². The van der Waals surface area contributed by atoms with Crippen molar-refractivity contribution in [1.82, 2.24) is 4.57 Å². The fraction of sp³-hybridized carbons (Fsp3) is 0.940. The van der Waals surface area contributed by atoms with Gasteiger partial charge in [0, 0.05) is 6.42 Å². The highest BCUT2D eigenvalue weighted by molar-refractivity contribution is 4.84. The van der Waals surface area contributed by atoms with Crippen LogP contribution in [0.25, 0.3) is 0 Å². The second-order valence-corrected chi connectivity index (χ2v) is 17.3. The summed E-state index contributed by atoms with van der Waals surface area (Å²) in [5.41, 5.74) is 0. The lowest BCUT2D eigenvalue weighted by molar-refractivity contribution is -0.704. The first kappa shape index (κ1) is 49.2. The zero-order chi connectivity index (χ0) is 37.3. The van der Waals surface area contributed by atoms with E-state index in [1.807, 2.05) is 0 Å². The summed E-state index contributed by atoms with van der Waals surface area (Å²) in [4.78, 5) is 0.